The van der Waals surface area contributed by atoms with Gasteiger partial charge in [0.1, 0.15) is 0 Å². The van der Waals surface area contributed by atoms with E-state index >= 15 is 0 Å². The topological polar surface area (TPSA) is 29.0 Å². The number of rotatable bonds is 3. The number of hydrogen-bond acceptors (Lipinski definition) is 3. The summed E-state index contributed by atoms with van der Waals surface area (Å²) in [5, 5.41) is 0. The molecular weight excluding hydrogens is 272 g/mol. The highest BCUT2D eigenvalue weighted by molar-refractivity contribution is 5.18. The number of piperidine rings is 1. The summed E-state index contributed by atoms with van der Waals surface area (Å²) >= 11 is 0. The lowest BCUT2D eigenvalue weighted by molar-refractivity contribution is 0.198. The summed E-state index contributed by atoms with van der Waals surface area (Å²) < 4.78 is 26.2. The van der Waals surface area contributed by atoms with Crippen LogP contribution in [0, 0.1) is 11.6 Å². The van der Waals surface area contributed by atoms with E-state index in [1.807, 2.05) is 6.20 Å². The molecule has 2 heterocycles. The molecule has 0 aliphatic carbocycles. The average Bonchev–Trinajstić information content (AvgIpc) is 2.52. The van der Waals surface area contributed by atoms with Gasteiger partial charge in [-0.15, -0.1) is 0 Å². The summed E-state index contributed by atoms with van der Waals surface area (Å²) in [6.45, 7) is 2.47. The zero-order valence-electron chi connectivity index (χ0n) is 11.7. The van der Waals surface area contributed by atoms with Crippen LogP contribution in [0.1, 0.15) is 30.0 Å². The highest BCUT2D eigenvalue weighted by atomic mass is 19.2. The second-order valence-corrected chi connectivity index (χ2v) is 5.45. The molecular formula is C16H17F2N3. The molecule has 5 heteroatoms. The van der Waals surface area contributed by atoms with E-state index in [0.29, 0.717) is 12.5 Å². The molecule has 21 heavy (non-hydrogen) atoms. The molecule has 1 unspecified atom stereocenters. The van der Waals surface area contributed by atoms with Crippen LogP contribution in [0.4, 0.5) is 8.78 Å². The first-order chi connectivity index (χ1) is 10.2. The number of benzene rings is 1. The van der Waals surface area contributed by atoms with Gasteiger partial charge in [0, 0.05) is 37.6 Å². The van der Waals surface area contributed by atoms with Crippen LogP contribution in [0.25, 0.3) is 0 Å². The number of hydrogen-bond donors (Lipinski definition) is 0. The number of nitrogens with zero attached hydrogens (tertiary/aromatic N) is 3. The molecule has 110 valence electrons. The van der Waals surface area contributed by atoms with Crippen LogP contribution in [-0.4, -0.2) is 28.0 Å². The fourth-order valence-corrected chi connectivity index (χ4v) is 2.86. The molecule has 0 amide bonds. The zero-order valence-corrected chi connectivity index (χ0v) is 11.7. The lowest BCUT2D eigenvalue weighted by Gasteiger charge is -2.32. The van der Waals surface area contributed by atoms with Crippen molar-refractivity contribution in [3.63, 3.8) is 0 Å². The third-order valence-electron chi connectivity index (χ3n) is 3.90. The van der Waals surface area contributed by atoms with Gasteiger partial charge >= 0.3 is 0 Å². The second kappa shape index (κ2) is 6.26. The Hall–Kier alpha value is -1.88. The molecule has 3 rings (SSSR count). The van der Waals surface area contributed by atoms with Gasteiger partial charge in [0.2, 0.25) is 0 Å². The normalized spacial score (nSPS) is 19.6. The maximum Gasteiger partial charge on any atom is 0.159 e. The van der Waals surface area contributed by atoms with Crippen molar-refractivity contribution in [2.24, 2.45) is 0 Å². The quantitative estimate of drug-likeness (QED) is 0.869. The first-order valence-electron chi connectivity index (χ1n) is 7.14. The molecule has 1 aliphatic heterocycles. The van der Waals surface area contributed by atoms with E-state index in [-0.39, 0.29) is 0 Å². The molecule has 1 aromatic carbocycles. The van der Waals surface area contributed by atoms with Crippen LogP contribution in [-0.2, 0) is 6.54 Å². The second-order valence-electron chi connectivity index (χ2n) is 5.45. The molecule has 0 spiro atoms. The first-order valence-corrected chi connectivity index (χ1v) is 7.14. The van der Waals surface area contributed by atoms with E-state index in [4.69, 9.17) is 0 Å². The highest BCUT2D eigenvalue weighted by Crippen LogP contribution is 2.26. The van der Waals surface area contributed by atoms with Crippen LogP contribution < -0.4 is 0 Å². The fourth-order valence-electron chi connectivity index (χ4n) is 2.86. The van der Waals surface area contributed by atoms with Crippen LogP contribution in [0.2, 0.25) is 0 Å². The SMILES string of the molecule is Fc1ccc(CN2CCCC(c3cnccn3)C2)cc1F. The monoisotopic (exact) mass is 289 g/mol. The van der Waals surface area contributed by atoms with E-state index in [2.05, 4.69) is 14.9 Å². The summed E-state index contributed by atoms with van der Waals surface area (Å²) in [6.07, 6.45) is 7.36. The third kappa shape index (κ3) is 3.42. The van der Waals surface area contributed by atoms with Gasteiger partial charge in [-0.1, -0.05) is 6.07 Å². The maximum atomic E-state index is 13.3. The number of aromatic nitrogens is 2. The van der Waals surface area contributed by atoms with Crippen molar-refractivity contribution in [2.75, 3.05) is 13.1 Å². The largest absolute Gasteiger partial charge is 0.298 e. The minimum absolute atomic E-state index is 0.359. The van der Waals surface area contributed by atoms with Gasteiger partial charge in [-0.2, -0.15) is 0 Å². The van der Waals surface area contributed by atoms with Gasteiger partial charge in [0.05, 0.1) is 5.69 Å². The third-order valence-corrected chi connectivity index (χ3v) is 3.90. The van der Waals surface area contributed by atoms with Crippen molar-refractivity contribution in [3.8, 4) is 0 Å². The summed E-state index contributed by atoms with van der Waals surface area (Å²) in [5.74, 6) is -1.22. The minimum atomic E-state index is -0.796. The lowest BCUT2D eigenvalue weighted by Crippen LogP contribution is -2.34. The summed E-state index contributed by atoms with van der Waals surface area (Å²) in [5.41, 5.74) is 1.81. The van der Waals surface area contributed by atoms with E-state index in [1.165, 1.54) is 12.1 Å². The van der Waals surface area contributed by atoms with Crippen LogP contribution >= 0.6 is 0 Å². The molecule has 1 fully saturated rings. The summed E-state index contributed by atoms with van der Waals surface area (Å²) in [4.78, 5) is 10.7. The lowest BCUT2D eigenvalue weighted by atomic mass is 9.94. The predicted octanol–water partition coefficient (Wildman–Crippen LogP) is 3.13. The number of likely N-dealkylation sites (tertiary alicyclic amines) is 1. The first kappa shape index (κ1) is 14.1. The van der Waals surface area contributed by atoms with Crippen molar-refractivity contribution in [1.29, 1.82) is 0 Å². The summed E-state index contributed by atoms with van der Waals surface area (Å²) in [6, 6.07) is 4.11. The van der Waals surface area contributed by atoms with Crippen molar-refractivity contribution in [1.82, 2.24) is 14.9 Å². The van der Waals surface area contributed by atoms with Crippen LogP contribution in [0.5, 0.6) is 0 Å². The standard InChI is InChI=1S/C16H17F2N3/c17-14-4-3-12(8-15(14)18)10-21-7-1-2-13(11-21)16-9-19-5-6-20-16/h3-6,8-9,13H,1-2,7,10-11H2. The van der Waals surface area contributed by atoms with E-state index < -0.39 is 11.6 Å². The Morgan fingerprint density at radius 1 is 1.19 bits per heavy atom. The van der Waals surface area contributed by atoms with Crippen molar-refractivity contribution < 1.29 is 8.78 Å². The molecule has 1 atom stereocenters. The van der Waals surface area contributed by atoms with E-state index in [0.717, 1.165) is 37.2 Å². The van der Waals surface area contributed by atoms with Crippen LogP contribution in [0.3, 0.4) is 0 Å². The molecule has 1 aliphatic rings. The van der Waals surface area contributed by atoms with Crippen LogP contribution in [0.15, 0.2) is 36.8 Å². The molecule has 0 saturated carbocycles. The molecule has 1 saturated heterocycles. The Morgan fingerprint density at radius 3 is 2.86 bits per heavy atom. The van der Waals surface area contributed by atoms with Gasteiger partial charge in [-0.25, -0.2) is 8.78 Å². The van der Waals surface area contributed by atoms with E-state index in [9.17, 15) is 8.78 Å². The molecule has 3 nitrogen and oxygen atoms in total. The fraction of sp³-hybridized carbons (Fsp3) is 0.375. The highest BCUT2D eigenvalue weighted by Gasteiger charge is 2.22. The number of halogens is 2. The Morgan fingerprint density at radius 2 is 2.10 bits per heavy atom. The summed E-state index contributed by atoms with van der Waals surface area (Å²) in [7, 11) is 0. The Kier molecular flexibility index (Phi) is 4.20. The predicted molar refractivity (Wildman–Crippen MR) is 75.6 cm³/mol. The smallest absolute Gasteiger partial charge is 0.159 e. The zero-order chi connectivity index (χ0) is 14.7. The Labute approximate surface area is 122 Å². The minimum Gasteiger partial charge on any atom is -0.298 e. The van der Waals surface area contributed by atoms with Crippen molar-refractivity contribution in [2.45, 2.75) is 25.3 Å². The van der Waals surface area contributed by atoms with Gasteiger partial charge in [0.25, 0.3) is 0 Å². The molecule has 0 bridgehead atoms. The molecule has 2 aromatic rings. The van der Waals surface area contributed by atoms with Crippen molar-refractivity contribution >= 4 is 0 Å². The van der Waals surface area contributed by atoms with Gasteiger partial charge in [-0.3, -0.25) is 14.9 Å². The molecule has 0 radical (unpaired) electrons. The maximum absolute atomic E-state index is 13.3. The van der Waals surface area contributed by atoms with Crippen molar-refractivity contribution in [3.05, 3.63) is 59.7 Å². The Balaban J connectivity index is 1.67. The molecule has 0 N–H and O–H groups in total. The van der Waals surface area contributed by atoms with E-state index in [1.54, 1.807) is 18.5 Å². The van der Waals surface area contributed by atoms with Gasteiger partial charge in [-0.05, 0) is 37.1 Å². The Bertz CT molecular complexity index is 604. The molecule has 1 aromatic heterocycles. The average molecular weight is 289 g/mol. The van der Waals surface area contributed by atoms with Gasteiger partial charge in [0.15, 0.2) is 11.6 Å². The van der Waals surface area contributed by atoms with Gasteiger partial charge < -0.3 is 0 Å².